The maximum atomic E-state index is 11.4. The number of hydrogen-bond donors (Lipinski definition) is 3. The topological polar surface area (TPSA) is 143 Å². The predicted octanol–water partition coefficient (Wildman–Crippen LogP) is -0.0968. The molecule has 0 fully saturated rings. The molecule has 0 atom stereocenters. The van der Waals surface area contributed by atoms with Gasteiger partial charge in [-0.3, -0.25) is 19.7 Å². The van der Waals surface area contributed by atoms with Crippen LogP contribution in [0, 0.1) is 10.1 Å². The van der Waals surface area contributed by atoms with Gasteiger partial charge < -0.3 is 15.2 Å². The Balaban J connectivity index is 2.52. The van der Waals surface area contributed by atoms with E-state index < -0.39 is 28.2 Å². The molecule has 0 bridgehead atoms. The standard InChI is InChI=1S/C13H16N4O6/c1-23-6-2-5-14-12(19)13(20)16-15-8-9-3-4-11(18)10(7-9)17(21)22/h3-4,7-8,18H,2,5-6H2,1H3,(H,14,19)(H,16,20)/b15-8+. The summed E-state index contributed by atoms with van der Waals surface area (Å²) in [5, 5.41) is 25.8. The van der Waals surface area contributed by atoms with Crippen LogP contribution in [0.5, 0.6) is 5.75 Å². The molecule has 0 spiro atoms. The molecule has 0 aliphatic heterocycles. The molecular formula is C13H16N4O6. The lowest BCUT2D eigenvalue weighted by atomic mass is 10.2. The average molecular weight is 324 g/mol. The minimum atomic E-state index is -0.966. The van der Waals surface area contributed by atoms with Crippen LogP contribution >= 0.6 is 0 Å². The number of hydrogen-bond acceptors (Lipinski definition) is 7. The van der Waals surface area contributed by atoms with Crippen molar-refractivity contribution in [3.8, 4) is 5.75 Å². The highest BCUT2D eigenvalue weighted by molar-refractivity contribution is 6.35. The zero-order valence-electron chi connectivity index (χ0n) is 12.3. The number of aromatic hydroxyl groups is 1. The molecule has 124 valence electrons. The largest absolute Gasteiger partial charge is 0.502 e. The highest BCUT2D eigenvalue weighted by Crippen LogP contribution is 2.25. The Morgan fingerprint density at radius 2 is 2.17 bits per heavy atom. The van der Waals surface area contributed by atoms with E-state index in [1.807, 2.05) is 5.43 Å². The Labute approximate surface area is 131 Å². The normalized spacial score (nSPS) is 10.5. The van der Waals surface area contributed by atoms with Gasteiger partial charge in [0, 0.05) is 31.9 Å². The fourth-order valence-corrected chi connectivity index (χ4v) is 1.48. The Morgan fingerprint density at radius 1 is 1.43 bits per heavy atom. The summed E-state index contributed by atoms with van der Waals surface area (Å²) < 4.78 is 4.79. The van der Waals surface area contributed by atoms with Gasteiger partial charge in [-0.15, -0.1) is 0 Å². The van der Waals surface area contributed by atoms with Crippen molar-refractivity contribution in [3.63, 3.8) is 0 Å². The van der Waals surface area contributed by atoms with Gasteiger partial charge in [-0.05, 0) is 18.6 Å². The third-order valence-corrected chi connectivity index (χ3v) is 2.59. The fourth-order valence-electron chi connectivity index (χ4n) is 1.48. The molecule has 0 unspecified atom stereocenters. The Hall–Kier alpha value is -3.01. The van der Waals surface area contributed by atoms with Crippen LogP contribution < -0.4 is 10.7 Å². The zero-order valence-corrected chi connectivity index (χ0v) is 12.3. The van der Waals surface area contributed by atoms with E-state index in [0.29, 0.717) is 13.0 Å². The summed E-state index contributed by atoms with van der Waals surface area (Å²) in [4.78, 5) is 32.7. The molecule has 0 heterocycles. The molecule has 10 nitrogen and oxygen atoms in total. The van der Waals surface area contributed by atoms with E-state index in [0.717, 1.165) is 18.3 Å². The fraction of sp³-hybridized carbons (Fsp3) is 0.308. The van der Waals surface area contributed by atoms with Crippen molar-refractivity contribution in [2.75, 3.05) is 20.3 Å². The predicted molar refractivity (Wildman–Crippen MR) is 80.0 cm³/mol. The first kappa shape index (κ1) is 18.0. The second-order valence-corrected chi connectivity index (χ2v) is 4.31. The first-order valence-corrected chi connectivity index (χ1v) is 6.53. The van der Waals surface area contributed by atoms with Gasteiger partial charge in [-0.2, -0.15) is 5.10 Å². The number of nitrogens with one attached hydrogen (secondary N) is 2. The number of rotatable bonds is 7. The van der Waals surface area contributed by atoms with E-state index in [4.69, 9.17) is 4.74 Å². The molecular weight excluding hydrogens is 308 g/mol. The number of carbonyl (C=O) groups excluding carboxylic acids is 2. The summed E-state index contributed by atoms with van der Waals surface area (Å²) in [5.41, 5.74) is 1.77. The number of phenolic OH excluding ortho intramolecular Hbond substituents is 1. The minimum absolute atomic E-state index is 0.273. The molecule has 1 aromatic rings. The van der Waals surface area contributed by atoms with Crippen molar-refractivity contribution in [3.05, 3.63) is 33.9 Å². The van der Waals surface area contributed by atoms with E-state index in [2.05, 4.69) is 10.4 Å². The van der Waals surface area contributed by atoms with E-state index in [9.17, 15) is 24.8 Å². The summed E-state index contributed by atoms with van der Waals surface area (Å²) in [6, 6.07) is 3.57. The molecule has 0 saturated carbocycles. The molecule has 10 heteroatoms. The van der Waals surface area contributed by atoms with Crippen LogP contribution in [0.3, 0.4) is 0 Å². The first-order valence-electron chi connectivity index (χ1n) is 6.53. The number of hydrazone groups is 1. The van der Waals surface area contributed by atoms with Gasteiger partial charge >= 0.3 is 17.5 Å². The summed E-state index contributed by atoms with van der Waals surface area (Å²) in [6.45, 7) is 0.744. The molecule has 0 aliphatic rings. The number of ether oxygens (including phenoxy) is 1. The lowest BCUT2D eigenvalue weighted by Crippen LogP contribution is -2.38. The molecule has 23 heavy (non-hydrogen) atoms. The van der Waals surface area contributed by atoms with Crippen LogP contribution in [0.15, 0.2) is 23.3 Å². The van der Waals surface area contributed by atoms with Gasteiger partial charge in [-0.1, -0.05) is 0 Å². The second-order valence-electron chi connectivity index (χ2n) is 4.31. The Morgan fingerprint density at radius 3 is 2.83 bits per heavy atom. The molecule has 1 rings (SSSR count). The van der Waals surface area contributed by atoms with Gasteiger partial charge in [0.1, 0.15) is 0 Å². The molecule has 0 aromatic heterocycles. The highest BCUT2D eigenvalue weighted by atomic mass is 16.6. The average Bonchev–Trinajstić information content (AvgIpc) is 2.52. The molecule has 1 aromatic carbocycles. The van der Waals surface area contributed by atoms with Crippen molar-refractivity contribution >= 4 is 23.7 Å². The summed E-state index contributed by atoms with van der Waals surface area (Å²) in [6.07, 6.45) is 1.68. The van der Waals surface area contributed by atoms with Crippen molar-refractivity contribution in [1.29, 1.82) is 0 Å². The second kappa shape index (κ2) is 9.10. The Bertz CT molecular complexity index is 616. The Kier molecular flexibility index (Phi) is 7.14. The molecule has 2 amide bonds. The minimum Gasteiger partial charge on any atom is -0.502 e. The lowest BCUT2D eigenvalue weighted by molar-refractivity contribution is -0.385. The summed E-state index contributed by atoms with van der Waals surface area (Å²) >= 11 is 0. The smallest absolute Gasteiger partial charge is 0.329 e. The third kappa shape index (κ3) is 6.09. The quantitative estimate of drug-likeness (QED) is 0.210. The lowest BCUT2D eigenvalue weighted by Gasteiger charge is -2.03. The highest BCUT2D eigenvalue weighted by Gasteiger charge is 2.13. The number of nitrogens with zero attached hydrogens (tertiary/aromatic N) is 2. The maximum Gasteiger partial charge on any atom is 0.329 e. The number of nitro benzene ring substituents is 1. The molecule has 0 radical (unpaired) electrons. The number of nitro groups is 1. The van der Waals surface area contributed by atoms with E-state index in [-0.39, 0.29) is 12.1 Å². The monoisotopic (exact) mass is 324 g/mol. The van der Waals surface area contributed by atoms with Crippen LogP contribution in [0.1, 0.15) is 12.0 Å². The van der Waals surface area contributed by atoms with Gasteiger partial charge in [0.2, 0.25) is 0 Å². The molecule has 0 saturated heterocycles. The van der Waals surface area contributed by atoms with Gasteiger partial charge in [0.15, 0.2) is 5.75 Å². The van der Waals surface area contributed by atoms with Gasteiger partial charge in [-0.25, -0.2) is 5.43 Å². The number of carbonyl (C=O) groups is 2. The van der Waals surface area contributed by atoms with Crippen molar-refractivity contribution in [1.82, 2.24) is 10.7 Å². The maximum absolute atomic E-state index is 11.4. The van der Waals surface area contributed by atoms with E-state index >= 15 is 0 Å². The van der Waals surface area contributed by atoms with Crippen LogP contribution in [-0.2, 0) is 14.3 Å². The van der Waals surface area contributed by atoms with Gasteiger partial charge in [0.05, 0.1) is 11.1 Å². The number of phenols is 1. The number of benzene rings is 1. The van der Waals surface area contributed by atoms with E-state index in [1.165, 1.54) is 13.2 Å². The van der Waals surface area contributed by atoms with Crippen LogP contribution in [0.2, 0.25) is 0 Å². The van der Waals surface area contributed by atoms with Crippen LogP contribution in [-0.4, -0.2) is 48.3 Å². The molecule has 0 aliphatic carbocycles. The van der Waals surface area contributed by atoms with Crippen molar-refractivity contribution in [2.45, 2.75) is 6.42 Å². The number of amides is 2. The third-order valence-electron chi connectivity index (χ3n) is 2.59. The molecule has 3 N–H and O–H groups in total. The number of methoxy groups -OCH3 is 1. The van der Waals surface area contributed by atoms with Crippen LogP contribution in [0.4, 0.5) is 5.69 Å². The SMILES string of the molecule is COCCCNC(=O)C(=O)N/N=C/c1ccc(O)c([N+](=O)[O-])c1. The van der Waals surface area contributed by atoms with Crippen molar-refractivity contribution < 1.29 is 24.4 Å². The zero-order chi connectivity index (χ0) is 17.2. The van der Waals surface area contributed by atoms with Crippen LogP contribution in [0.25, 0.3) is 0 Å². The first-order chi connectivity index (χ1) is 11.0. The van der Waals surface area contributed by atoms with E-state index in [1.54, 1.807) is 0 Å². The van der Waals surface area contributed by atoms with Crippen molar-refractivity contribution in [2.24, 2.45) is 5.10 Å². The summed E-state index contributed by atoms with van der Waals surface area (Å²) in [5.74, 6) is -2.30. The summed E-state index contributed by atoms with van der Waals surface area (Å²) in [7, 11) is 1.52. The van der Waals surface area contributed by atoms with Gasteiger partial charge in [0.25, 0.3) is 0 Å².